The Morgan fingerprint density at radius 1 is 1.42 bits per heavy atom. The molecule has 0 spiro atoms. The van der Waals surface area contributed by atoms with Gasteiger partial charge >= 0.3 is 5.97 Å². The van der Waals surface area contributed by atoms with E-state index in [-0.39, 0.29) is 6.04 Å². The summed E-state index contributed by atoms with van der Waals surface area (Å²) in [7, 11) is 0. The topological polar surface area (TPSA) is 49.3 Å². The second-order valence-electron chi connectivity index (χ2n) is 4.20. The second-order valence-corrected chi connectivity index (χ2v) is 5.53. The number of rotatable bonds is 5. The Labute approximate surface area is 120 Å². The van der Waals surface area contributed by atoms with Crippen LogP contribution in [-0.4, -0.2) is 11.1 Å². The minimum absolute atomic E-state index is 0.0650. The third-order valence-electron chi connectivity index (χ3n) is 2.91. The summed E-state index contributed by atoms with van der Waals surface area (Å²) in [6.45, 7) is 2.52. The van der Waals surface area contributed by atoms with Crippen LogP contribution in [0.3, 0.4) is 0 Å². The maximum absolute atomic E-state index is 11.0. The minimum atomic E-state index is -0.878. The van der Waals surface area contributed by atoms with Crippen molar-refractivity contribution >= 4 is 28.9 Å². The number of carbonyl (C=O) groups is 1. The van der Waals surface area contributed by atoms with Crippen molar-refractivity contribution in [3.63, 3.8) is 0 Å². The van der Waals surface area contributed by atoms with Gasteiger partial charge in [0, 0.05) is 17.6 Å². The standard InChI is InChI=1S/C14H14ClNO2S/c1-9(11-4-2-3-5-12(11)15)16-8-10-6-7-19-13(10)14(17)18/h2-7,9,16H,8H2,1H3,(H,17,18). The zero-order valence-corrected chi connectivity index (χ0v) is 12.0. The van der Waals surface area contributed by atoms with Gasteiger partial charge in [0.15, 0.2) is 0 Å². The number of carboxylic acid groups (broad SMARTS) is 1. The van der Waals surface area contributed by atoms with Crippen molar-refractivity contribution in [2.24, 2.45) is 0 Å². The molecule has 19 heavy (non-hydrogen) atoms. The lowest BCUT2D eigenvalue weighted by Crippen LogP contribution is -2.19. The number of halogens is 1. The Hall–Kier alpha value is -1.36. The maximum Gasteiger partial charge on any atom is 0.346 e. The fraction of sp³-hybridized carbons (Fsp3) is 0.214. The molecule has 3 nitrogen and oxygen atoms in total. The van der Waals surface area contributed by atoms with Gasteiger partial charge in [0.2, 0.25) is 0 Å². The molecular weight excluding hydrogens is 282 g/mol. The van der Waals surface area contributed by atoms with Gasteiger partial charge in [-0.1, -0.05) is 29.8 Å². The fourth-order valence-corrected chi connectivity index (χ4v) is 2.92. The molecule has 2 aromatic rings. The number of hydrogen-bond acceptors (Lipinski definition) is 3. The third kappa shape index (κ3) is 3.35. The van der Waals surface area contributed by atoms with Crippen molar-refractivity contribution < 1.29 is 9.90 Å². The highest BCUT2D eigenvalue weighted by atomic mass is 35.5. The van der Waals surface area contributed by atoms with Crippen molar-refractivity contribution in [2.45, 2.75) is 19.5 Å². The first-order valence-electron chi connectivity index (χ1n) is 5.87. The van der Waals surface area contributed by atoms with E-state index < -0.39 is 5.97 Å². The van der Waals surface area contributed by atoms with Gasteiger partial charge < -0.3 is 10.4 Å². The molecule has 0 aliphatic rings. The molecule has 0 radical (unpaired) electrons. The molecule has 0 fully saturated rings. The first kappa shape index (κ1) is 14.1. The number of nitrogens with one attached hydrogen (secondary N) is 1. The van der Waals surface area contributed by atoms with Gasteiger partial charge in [0.1, 0.15) is 4.88 Å². The summed E-state index contributed by atoms with van der Waals surface area (Å²) < 4.78 is 0. The molecule has 2 N–H and O–H groups in total. The summed E-state index contributed by atoms with van der Waals surface area (Å²) in [5, 5.41) is 14.8. The van der Waals surface area contributed by atoms with E-state index in [1.54, 1.807) is 5.38 Å². The number of benzene rings is 1. The van der Waals surface area contributed by atoms with E-state index in [1.807, 2.05) is 37.3 Å². The minimum Gasteiger partial charge on any atom is -0.477 e. The first-order chi connectivity index (χ1) is 9.09. The molecule has 1 aromatic carbocycles. The van der Waals surface area contributed by atoms with Gasteiger partial charge in [-0.15, -0.1) is 11.3 Å². The smallest absolute Gasteiger partial charge is 0.346 e. The van der Waals surface area contributed by atoms with Crippen LogP contribution in [0.2, 0.25) is 5.02 Å². The van der Waals surface area contributed by atoms with Gasteiger partial charge in [-0.3, -0.25) is 0 Å². The zero-order chi connectivity index (χ0) is 13.8. The lowest BCUT2D eigenvalue weighted by atomic mass is 10.1. The van der Waals surface area contributed by atoms with Crippen molar-refractivity contribution in [1.29, 1.82) is 0 Å². The highest BCUT2D eigenvalue weighted by Gasteiger charge is 2.13. The number of aromatic carboxylic acids is 1. The fourth-order valence-electron chi connectivity index (χ4n) is 1.86. The van der Waals surface area contributed by atoms with E-state index in [2.05, 4.69) is 5.32 Å². The Morgan fingerprint density at radius 2 is 2.16 bits per heavy atom. The van der Waals surface area contributed by atoms with Crippen molar-refractivity contribution in [2.75, 3.05) is 0 Å². The molecule has 2 rings (SSSR count). The highest BCUT2D eigenvalue weighted by Crippen LogP contribution is 2.23. The van der Waals surface area contributed by atoms with Crippen LogP contribution >= 0.6 is 22.9 Å². The lowest BCUT2D eigenvalue weighted by molar-refractivity contribution is 0.0701. The second kappa shape index (κ2) is 6.19. The Bertz CT molecular complexity index is 582. The zero-order valence-electron chi connectivity index (χ0n) is 10.4. The molecule has 1 atom stereocenters. The summed E-state index contributed by atoms with van der Waals surface area (Å²) in [5.74, 6) is -0.878. The molecule has 0 amide bonds. The molecule has 5 heteroatoms. The number of carboxylic acids is 1. The number of hydrogen-bond donors (Lipinski definition) is 2. The van der Waals surface area contributed by atoms with Crippen LogP contribution in [0.15, 0.2) is 35.7 Å². The molecule has 0 bridgehead atoms. The lowest BCUT2D eigenvalue weighted by Gasteiger charge is -2.15. The van der Waals surface area contributed by atoms with Crippen LogP contribution < -0.4 is 5.32 Å². The third-order valence-corrected chi connectivity index (χ3v) is 4.20. The molecule has 1 heterocycles. The van der Waals surface area contributed by atoms with E-state index in [9.17, 15) is 4.79 Å². The van der Waals surface area contributed by atoms with Crippen LogP contribution in [0.5, 0.6) is 0 Å². The SMILES string of the molecule is CC(NCc1ccsc1C(=O)O)c1ccccc1Cl. The predicted molar refractivity (Wildman–Crippen MR) is 78.0 cm³/mol. The van der Waals surface area contributed by atoms with E-state index in [4.69, 9.17) is 16.7 Å². The van der Waals surface area contributed by atoms with Crippen LogP contribution in [0.1, 0.15) is 33.8 Å². The van der Waals surface area contributed by atoms with E-state index in [0.717, 1.165) is 11.1 Å². The predicted octanol–water partition coefficient (Wildman–Crippen LogP) is 3.95. The van der Waals surface area contributed by atoms with Gasteiger partial charge in [-0.05, 0) is 35.6 Å². The first-order valence-corrected chi connectivity index (χ1v) is 7.13. The number of thiophene rings is 1. The molecule has 1 aromatic heterocycles. The highest BCUT2D eigenvalue weighted by molar-refractivity contribution is 7.12. The van der Waals surface area contributed by atoms with Crippen molar-refractivity contribution in [1.82, 2.24) is 5.32 Å². The normalized spacial score (nSPS) is 12.3. The van der Waals surface area contributed by atoms with Crippen LogP contribution in [0, 0.1) is 0 Å². The average molecular weight is 296 g/mol. The van der Waals surface area contributed by atoms with E-state index in [1.165, 1.54) is 11.3 Å². The largest absolute Gasteiger partial charge is 0.477 e. The van der Waals surface area contributed by atoms with Crippen molar-refractivity contribution in [3.05, 3.63) is 56.7 Å². The van der Waals surface area contributed by atoms with Gasteiger partial charge in [-0.2, -0.15) is 0 Å². The van der Waals surface area contributed by atoms with E-state index >= 15 is 0 Å². The molecule has 0 saturated carbocycles. The average Bonchev–Trinajstić information content (AvgIpc) is 2.85. The molecule has 0 saturated heterocycles. The summed E-state index contributed by atoms with van der Waals surface area (Å²) in [6.07, 6.45) is 0. The van der Waals surface area contributed by atoms with Crippen LogP contribution in [0.4, 0.5) is 0 Å². The quantitative estimate of drug-likeness (QED) is 0.878. The molecular formula is C14H14ClNO2S. The Kier molecular flexibility index (Phi) is 4.58. The van der Waals surface area contributed by atoms with Crippen molar-refractivity contribution in [3.8, 4) is 0 Å². The maximum atomic E-state index is 11.0. The monoisotopic (exact) mass is 295 g/mol. The molecule has 0 aliphatic heterocycles. The van der Waals surface area contributed by atoms with Crippen LogP contribution in [-0.2, 0) is 6.54 Å². The van der Waals surface area contributed by atoms with E-state index in [0.29, 0.717) is 16.4 Å². The summed E-state index contributed by atoms with van der Waals surface area (Å²) in [4.78, 5) is 11.4. The molecule has 100 valence electrons. The summed E-state index contributed by atoms with van der Waals surface area (Å²) in [6, 6.07) is 9.54. The summed E-state index contributed by atoms with van der Waals surface area (Å²) in [5.41, 5.74) is 1.81. The van der Waals surface area contributed by atoms with Crippen LogP contribution in [0.25, 0.3) is 0 Å². The Balaban J connectivity index is 2.05. The molecule has 1 unspecified atom stereocenters. The van der Waals surface area contributed by atoms with Gasteiger partial charge in [0.25, 0.3) is 0 Å². The molecule has 0 aliphatic carbocycles. The van der Waals surface area contributed by atoms with Gasteiger partial charge in [-0.25, -0.2) is 4.79 Å². The van der Waals surface area contributed by atoms with Gasteiger partial charge in [0.05, 0.1) is 0 Å². The Morgan fingerprint density at radius 3 is 2.84 bits per heavy atom. The summed E-state index contributed by atoms with van der Waals surface area (Å²) >= 11 is 7.37.